The Morgan fingerprint density at radius 3 is 2.64 bits per heavy atom. The van der Waals surface area contributed by atoms with E-state index in [1.807, 2.05) is 0 Å². The molecule has 0 atom stereocenters. The number of nitrogens with one attached hydrogen (secondary N) is 1. The van der Waals surface area contributed by atoms with Gasteiger partial charge in [-0.3, -0.25) is 4.98 Å². The Labute approximate surface area is 93.6 Å². The maximum Gasteiger partial charge on any atom is 0.0639 e. The molecule has 0 bridgehead atoms. The normalized spacial score (nSPS) is 18.4. The average Bonchev–Trinajstić information content (AvgIpc) is 2.19. The van der Waals surface area contributed by atoms with Crippen molar-refractivity contribution >= 4 is 23.2 Å². The number of hydrogen-bond donors (Lipinski definition) is 1. The van der Waals surface area contributed by atoms with Crippen LogP contribution in [0, 0.1) is 0 Å². The van der Waals surface area contributed by atoms with Gasteiger partial charge >= 0.3 is 0 Å². The summed E-state index contributed by atoms with van der Waals surface area (Å²) in [6, 6.07) is 1.77. The molecule has 14 heavy (non-hydrogen) atoms. The standard InChI is InChI=1S/C10H12Cl2N2/c11-8-5-9(12)10(14-6-8)7-1-3-13-4-2-7/h5-7,13H,1-4H2. The van der Waals surface area contributed by atoms with Gasteiger partial charge < -0.3 is 5.32 Å². The molecule has 1 fully saturated rings. The van der Waals surface area contributed by atoms with Crippen molar-refractivity contribution in [2.45, 2.75) is 18.8 Å². The Bertz CT molecular complexity index is 322. The van der Waals surface area contributed by atoms with E-state index in [2.05, 4.69) is 10.3 Å². The van der Waals surface area contributed by atoms with E-state index >= 15 is 0 Å². The molecular weight excluding hydrogens is 219 g/mol. The van der Waals surface area contributed by atoms with Gasteiger partial charge in [0.05, 0.1) is 15.7 Å². The molecule has 2 rings (SSSR count). The maximum absolute atomic E-state index is 6.10. The lowest BCUT2D eigenvalue weighted by Gasteiger charge is -2.22. The lowest BCUT2D eigenvalue weighted by Crippen LogP contribution is -2.27. The van der Waals surface area contributed by atoms with E-state index in [1.165, 1.54) is 0 Å². The van der Waals surface area contributed by atoms with Gasteiger partial charge in [-0.05, 0) is 32.0 Å². The molecule has 1 aliphatic rings. The molecule has 0 spiro atoms. The summed E-state index contributed by atoms with van der Waals surface area (Å²) in [4.78, 5) is 4.31. The second-order valence-electron chi connectivity index (χ2n) is 3.54. The number of rotatable bonds is 1. The molecule has 4 heteroatoms. The quantitative estimate of drug-likeness (QED) is 0.803. The predicted molar refractivity (Wildman–Crippen MR) is 59.1 cm³/mol. The van der Waals surface area contributed by atoms with Crippen molar-refractivity contribution in [2.75, 3.05) is 13.1 Å². The number of piperidine rings is 1. The van der Waals surface area contributed by atoms with Crippen LogP contribution in [0.3, 0.4) is 0 Å². The molecule has 0 aromatic carbocycles. The van der Waals surface area contributed by atoms with Crippen LogP contribution in [-0.4, -0.2) is 18.1 Å². The van der Waals surface area contributed by atoms with Gasteiger partial charge in [0.2, 0.25) is 0 Å². The molecule has 1 aromatic heterocycles. The molecule has 0 radical (unpaired) electrons. The fourth-order valence-electron chi connectivity index (χ4n) is 1.82. The third-order valence-electron chi connectivity index (χ3n) is 2.56. The highest BCUT2D eigenvalue weighted by atomic mass is 35.5. The Morgan fingerprint density at radius 2 is 2.00 bits per heavy atom. The van der Waals surface area contributed by atoms with Crippen molar-refractivity contribution in [3.63, 3.8) is 0 Å². The topological polar surface area (TPSA) is 24.9 Å². The lowest BCUT2D eigenvalue weighted by molar-refractivity contribution is 0.453. The van der Waals surface area contributed by atoms with Crippen molar-refractivity contribution < 1.29 is 0 Å². The summed E-state index contributed by atoms with van der Waals surface area (Å²) < 4.78 is 0. The summed E-state index contributed by atoms with van der Waals surface area (Å²) in [5.41, 5.74) is 0.998. The maximum atomic E-state index is 6.10. The van der Waals surface area contributed by atoms with Crippen LogP contribution in [0.5, 0.6) is 0 Å². The molecule has 1 aromatic rings. The zero-order valence-electron chi connectivity index (χ0n) is 7.76. The van der Waals surface area contributed by atoms with E-state index < -0.39 is 0 Å². The first-order valence-electron chi connectivity index (χ1n) is 4.79. The third kappa shape index (κ3) is 2.19. The van der Waals surface area contributed by atoms with Crippen LogP contribution >= 0.6 is 23.2 Å². The SMILES string of the molecule is Clc1cnc(C2CCNCC2)c(Cl)c1. The van der Waals surface area contributed by atoms with Crippen LogP contribution in [0.1, 0.15) is 24.5 Å². The van der Waals surface area contributed by atoms with Crippen LogP contribution in [0.2, 0.25) is 10.0 Å². The zero-order chi connectivity index (χ0) is 9.97. The van der Waals surface area contributed by atoms with Gasteiger partial charge in [-0.1, -0.05) is 23.2 Å². The summed E-state index contributed by atoms with van der Waals surface area (Å²) in [5, 5.41) is 4.62. The Hall–Kier alpha value is -0.310. The molecule has 2 nitrogen and oxygen atoms in total. The fourth-order valence-corrected chi connectivity index (χ4v) is 2.36. The molecule has 1 N–H and O–H groups in total. The van der Waals surface area contributed by atoms with E-state index in [0.717, 1.165) is 31.6 Å². The minimum absolute atomic E-state index is 0.487. The third-order valence-corrected chi connectivity index (χ3v) is 3.07. The summed E-state index contributed by atoms with van der Waals surface area (Å²) in [6.07, 6.45) is 3.88. The summed E-state index contributed by atoms with van der Waals surface area (Å²) in [5.74, 6) is 0.487. The second-order valence-corrected chi connectivity index (χ2v) is 4.39. The van der Waals surface area contributed by atoms with Crippen molar-refractivity contribution in [1.82, 2.24) is 10.3 Å². The highest BCUT2D eigenvalue weighted by molar-refractivity contribution is 6.34. The molecule has 2 heterocycles. The van der Waals surface area contributed by atoms with E-state index in [1.54, 1.807) is 12.3 Å². The molecule has 1 saturated heterocycles. The largest absolute Gasteiger partial charge is 0.317 e. The Balaban J connectivity index is 2.22. The monoisotopic (exact) mass is 230 g/mol. The van der Waals surface area contributed by atoms with Crippen molar-refractivity contribution in [3.05, 3.63) is 28.0 Å². The van der Waals surface area contributed by atoms with Crippen molar-refractivity contribution in [3.8, 4) is 0 Å². The number of nitrogens with zero attached hydrogens (tertiary/aromatic N) is 1. The van der Waals surface area contributed by atoms with Gasteiger partial charge in [0.15, 0.2) is 0 Å². The number of pyridine rings is 1. The van der Waals surface area contributed by atoms with E-state index in [9.17, 15) is 0 Å². The first-order chi connectivity index (χ1) is 6.77. The zero-order valence-corrected chi connectivity index (χ0v) is 9.28. The smallest absolute Gasteiger partial charge is 0.0639 e. The Morgan fingerprint density at radius 1 is 1.29 bits per heavy atom. The van der Waals surface area contributed by atoms with Gasteiger partial charge in [0, 0.05) is 12.1 Å². The molecule has 0 saturated carbocycles. The van der Waals surface area contributed by atoms with Gasteiger partial charge in [0.1, 0.15) is 0 Å². The van der Waals surface area contributed by atoms with Crippen LogP contribution in [0.15, 0.2) is 12.3 Å². The van der Waals surface area contributed by atoms with Crippen LogP contribution < -0.4 is 5.32 Å². The van der Waals surface area contributed by atoms with Crippen LogP contribution in [0.4, 0.5) is 0 Å². The molecule has 76 valence electrons. The first kappa shape index (κ1) is 10.2. The van der Waals surface area contributed by atoms with Crippen molar-refractivity contribution in [2.24, 2.45) is 0 Å². The minimum atomic E-state index is 0.487. The van der Waals surface area contributed by atoms with E-state index in [-0.39, 0.29) is 0 Å². The number of hydrogen-bond acceptors (Lipinski definition) is 2. The summed E-state index contributed by atoms with van der Waals surface area (Å²) in [6.45, 7) is 2.09. The summed E-state index contributed by atoms with van der Waals surface area (Å²) >= 11 is 11.9. The highest BCUT2D eigenvalue weighted by Crippen LogP contribution is 2.30. The molecule has 0 amide bonds. The van der Waals surface area contributed by atoms with Gasteiger partial charge in [-0.2, -0.15) is 0 Å². The van der Waals surface area contributed by atoms with Crippen molar-refractivity contribution in [1.29, 1.82) is 0 Å². The molecule has 0 unspecified atom stereocenters. The van der Waals surface area contributed by atoms with Gasteiger partial charge in [0.25, 0.3) is 0 Å². The summed E-state index contributed by atoms with van der Waals surface area (Å²) in [7, 11) is 0. The Kier molecular flexibility index (Phi) is 3.26. The van der Waals surface area contributed by atoms with Crippen LogP contribution in [-0.2, 0) is 0 Å². The second kappa shape index (κ2) is 4.47. The number of halogens is 2. The molecule has 1 aliphatic heterocycles. The fraction of sp³-hybridized carbons (Fsp3) is 0.500. The lowest BCUT2D eigenvalue weighted by atomic mass is 9.94. The van der Waals surface area contributed by atoms with Gasteiger partial charge in [-0.15, -0.1) is 0 Å². The highest BCUT2D eigenvalue weighted by Gasteiger charge is 2.18. The minimum Gasteiger partial charge on any atom is -0.317 e. The first-order valence-corrected chi connectivity index (χ1v) is 5.54. The number of aromatic nitrogens is 1. The molecular formula is C10H12Cl2N2. The predicted octanol–water partition coefficient (Wildman–Crippen LogP) is 2.86. The van der Waals surface area contributed by atoms with Gasteiger partial charge in [-0.25, -0.2) is 0 Å². The average molecular weight is 231 g/mol. The molecule has 0 aliphatic carbocycles. The van der Waals surface area contributed by atoms with Crippen LogP contribution in [0.25, 0.3) is 0 Å². The van der Waals surface area contributed by atoms with E-state index in [4.69, 9.17) is 23.2 Å². The van der Waals surface area contributed by atoms with E-state index in [0.29, 0.717) is 16.0 Å².